The Kier molecular flexibility index (Phi) is 5.31. The predicted octanol–water partition coefficient (Wildman–Crippen LogP) is 2.05. The average molecular weight is 400 g/mol. The van der Waals surface area contributed by atoms with Crippen LogP contribution in [-0.2, 0) is 4.74 Å². The summed E-state index contributed by atoms with van der Waals surface area (Å²) >= 11 is 1.48. The highest BCUT2D eigenvalue weighted by molar-refractivity contribution is 7.07. The number of amides is 1. The molecule has 0 spiro atoms. The second kappa shape index (κ2) is 8.03. The van der Waals surface area contributed by atoms with Gasteiger partial charge >= 0.3 is 0 Å². The second-order valence-electron chi connectivity index (χ2n) is 6.36. The van der Waals surface area contributed by atoms with Crippen molar-refractivity contribution in [1.29, 1.82) is 0 Å². The minimum Gasteiger partial charge on any atom is -0.480 e. The quantitative estimate of drug-likeness (QED) is 0.647. The molecule has 0 radical (unpaired) electrons. The molecule has 4 rings (SSSR count). The molecule has 0 aliphatic carbocycles. The summed E-state index contributed by atoms with van der Waals surface area (Å²) in [6, 6.07) is 5.20. The third kappa shape index (κ3) is 3.60. The molecule has 3 aromatic rings. The highest BCUT2D eigenvalue weighted by Gasteiger charge is 2.26. The summed E-state index contributed by atoms with van der Waals surface area (Å²) in [7, 11) is 3.24. The van der Waals surface area contributed by atoms with Crippen molar-refractivity contribution in [3.63, 3.8) is 0 Å². The summed E-state index contributed by atoms with van der Waals surface area (Å²) in [5, 5.41) is 14.6. The zero-order chi connectivity index (χ0) is 19.5. The first-order valence-electron chi connectivity index (χ1n) is 8.88. The number of hydrogen-bond donors (Lipinski definition) is 0. The van der Waals surface area contributed by atoms with E-state index in [0.717, 1.165) is 18.5 Å². The first kappa shape index (κ1) is 18.5. The maximum Gasteiger partial charge on any atom is 0.274 e. The Morgan fingerprint density at radius 1 is 1.21 bits per heavy atom. The summed E-state index contributed by atoms with van der Waals surface area (Å²) in [6.45, 7) is 1.30. The van der Waals surface area contributed by atoms with Gasteiger partial charge in [-0.05, 0) is 25.0 Å². The number of ether oxygens (including phenoxy) is 2. The molecule has 10 heteroatoms. The SMILES string of the molecule is COc1ccc(-n2nc(C(=O)N3CCC(OC)CC3)cc2-c2cscn2)nn1. The van der Waals surface area contributed by atoms with Gasteiger partial charge in [-0.2, -0.15) is 5.10 Å². The molecule has 1 fully saturated rings. The van der Waals surface area contributed by atoms with E-state index in [0.29, 0.717) is 36.2 Å². The molecule has 9 nitrogen and oxygen atoms in total. The number of carbonyl (C=O) groups excluding carboxylic acids is 1. The minimum atomic E-state index is -0.105. The van der Waals surface area contributed by atoms with E-state index in [1.54, 1.807) is 35.5 Å². The van der Waals surface area contributed by atoms with Crippen molar-refractivity contribution in [3.8, 4) is 23.1 Å². The standard InChI is InChI=1S/C18H20N6O3S/c1-26-12-5-7-23(8-6-12)18(25)13-9-15(14-10-28-11-19-14)24(22-13)16-3-4-17(27-2)21-20-16/h3-4,9-12H,5-8H2,1-2H3. The Hall–Kier alpha value is -2.85. The number of likely N-dealkylation sites (tertiary alicyclic amines) is 1. The van der Waals surface area contributed by atoms with Crippen molar-refractivity contribution in [2.24, 2.45) is 0 Å². The molecule has 0 aromatic carbocycles. The van der Waals surface area contributed by atoms with E-state index in [1.807, 2.05) is 10.3 Å². The van der Waals surface area contributed by atoms with Crippen molar-refractivity contribution < 1.29 is 14.3 Å². The number of methoxy groups -OCH3 is 2. The molecule has 1 amide bonds. The van der Waals surface area contributed by atoms with Crippen LogP contribution in [0.5, 0.6) is 5.88 Å². The Bertz CT molecular complexity index is 933. The van der Waals surface area contributed by atoms with Crippen molar-refractivity contribution in [2.75, 3.05) is 27.3 Å². The summed E-state index contributed by atoms with van der Waals surface area (Å²) in [5.74, 6) is 0.788. The molecule has 0 unspecified atom stereocenters. The number of hydrogen-bond acceptors (Lipinski definition) is 8. The first-order valence-corrected chi connectivity index (χ1v) is 9.82. The molecule has 146 valence electrons. The monoisotopic (exact) mass is 400 g/mol. The van der Waals surface area contributed by atoms with Crippen LogP contribution < -0.4 is 4.74 Å². The number of nitrogens with zero attached hydrogens (tertiary/aromatic N) is 6. The van der Waals surface area contributed by atoms with Crippen LogP contribution >= 0.6 is 11.3 Å². The van der Waals surface area contributed by atoms with Gasteiger partial charge in [0, 0.05) is 31.6 Å². The van der Waals surface area contributed by atoms with Crippen LogP contribution in [-0.4, -0.2) is 69.2 Å². The van der Waals surface area contributed by atoms with Gasteiger partial charge in [-0.1, -0.05) is 0 Å². The fourth-order valence-corrected chi connectivity index (χ4v) is 3.72. The summed E-state index contributed by atoms with van der Waals surface area (Å²) in [5.41, 5.74) is 3.52. The molecule has 0 atom stereocenters. The maximum atomic E-state index is 13.0. The topological polar surface area (TPSA) is 95.3 Å². The third-order valence-electron chi connectivity index (χ3n) is 4.74. The number of rotatable bonds is 5. The van der Waals surface area contributed by atoms with Gasteiger partial charge in [-0.15, -0.1) is 21.5 Å². The molecule has 0 saturated carbocycles. The number of carbonyl (C=O) groups is 1. The van der Waals surface area contributed by atoms with E-state index in [1.165, 1.54) is 18.4 Å². The molecule has 4 heterocycles. The van der Waals surface area contributed by atoms with Crippen LogP contribution in [0.4, 0.5) is 0 Å². The van der Waals surface area contributed by atoms with E-state index in [9.17, 15) is 4.79 Å². The molecular weight excluding hydrogens is 380 g/mol. The Morgan fingerprint density at radius 3 is 2.64 bits per heavy atom. The van der Waals surface area contributed by atoms with Gasteiger partial charge in [0.25, 0.3) is 5.91 Å². The summed E-state index contributed by atoms with van der Waals surface area (Å²) in [4.78, 5) is 19.2. The summed E-state index contributed by atoms with van der Waals surface area (Å²) in [6.07, 6.45) is 1.86. The van der Waals surface area contributed by atoms with Gasteiger partial charge in [-0.25, -0.2) is 9.67 Å². The van der Waals surface area contributed by atoms with Crippen LogP contribution in [0, 0.1) is 0 Å². The fraction of sp³-hybridized carbons (Fsp3) is 0.389. The van der Waals surface area contributed by atoms with Crippen molar-refractivity contribution in [1.82, 2.24) is 29.9 Å². The van der Waals surface area contributed by atoms with Crippen LogP contribution in [0.15, 0.2) is 29.1 Å². The molecule has 1 aliphatic heterocycles. The summed E-state index contributed by atoms with van der Waals surface area (Å²) < 4.78 is 12.0. The van der Waals surface area contributed by atoms with Crippen molar-refractivity contribution in [2.45, 2.75) is 18.9 Å². The Morgan fingerprint density at radius 2 is 2.04 bits per heavy atom. The van der Waals surface area contributed by atoms with Gasteiger partial charge in [-0.3, -0.25) is 4.79 Å². The van der Waals surface area contributed by atoms with Crippen molar-refractivity contribution >= 4 is 17.2 Å². The van der Waals surface area contributed by atoms with Gasteiger partial charge < -0.3 is 14.4 Å². The lowest BCUT2D eigenvalue weighted by Gasteiger charge is -2.30. The Labute approximate surface area is 165 Å². The minimum absolute atomic E-state index is 0.105. The normalized spacial score (nSPS) is 15.0. The average Bonchev–Trinajstić information content (AvgIpc) is 3.43. The van der Waals surface area contributed by atoms with Gasteiger partial charge in [0.2, 0.25) is 5.88 Å². The van der Waals surface area contributed by atoms with Crippen LogP contribution in [0.3, 0.4) is 0 Å². The molecule has 0 bridgehead atoms. The van der Waals surface area contributed by atoms with Gasteiger partial charge in [0.05, 0.1) is 30.1 Å². The van der Waals surface area contributed by atoms with Gasteiger partial charge in [0.15, 0.2) is 11.5 Å². The molecular formula is C18H20N6O3S. The van der Waals surface area contributed by atoms with Crippen LogP contribution in [0.2, 0.25) is 0 Å². The lowest BCUT2D eigenvalue weighted by Crippen LogP contribution is -2.40. The van der Waals surface area contributed by atoms with Gasteiger partial charge in [0.1, 0.15) is 0 Å². The molecule has 28 heavy (non-hydrogen) atoms. The molecule has 0 N–H and O–H groups in total. The zero-order valence-corrected chi connectivity index (χ0v) is 16.4. The lowest BCUT2D eigenvalue weighted by molar-refractivity contribution is 0.0347. The van der Waals surface area contributed by atoms with E-state index in [4.69, 9.17) is 9.47 Å². The van der Waals surface area contributed by atoms with E-state index in [-0.39, 0.29) is 12.0 Å². The molecule has 1 saturated heterocycles. The largest absolute Gasteiger partial charge is 0.480 e. The molecule has 3 aromatic heterocycles. The van der Waals surface area contributed by atoms with Crippen LogP contribution in [0.1, 0.15) is 23.3 Å². The highest BCUT2D eigenvalue weighted by atomic mass is 32.1. The second-order valence-corrected chi connectivity index (χ2v) is 7.08. The zero-order valence-electron chi connectivity index (χ0n) is 15.6. The third-order valence-corrected chi connectivity index (χ3v) is 5.32. The number of thiazole rings is 1. The Balaban J connectivity index is 1.66. The van der Waals surface area contributed by atoms with E-state index >= 15 is 0 Å². The molecule has 1 aliphatic rings. The van der Waals surface area contributed by atoms with E-state index in [2.05, 4.69) is 20.3 Å². The predicted molar refractivity (Wildman–Crippen MR) is 103 cm³/mol. The lowest BCUT2D eigenvalue weighted by atomic mass is 10.1. The highest BCUT2D eigenvalue weighted by Crippen LogP contribution is 2.25. The fourth-order valence-electron chi connectivity index (χ4n) is 3.17. The van der Waals surface area contributed by atoms with Crippen molar-refractivity contribution in [3.05, 3.63) is 34.8 Å². The number of piperidine rings is 1. The first-order chi connectivity index (χ1) is 13.7. The smallest absolute Gasteiger partial charge is 0.274 e. The van der Waals surface area contributed by atoms with E-state index < -0.39 is 0 Å². The van der Waals surface area contributed by atoms with Crippen LogP contribution in [0.25, 0.3) is 17.2 Å². The number of aromatic nitrogens is 5. The maximum absolute atomic E-state index is 13.0.